The summed E-state index contributed by atoms with van der Waals surface area (Å²) < 4.78 is 0. The molecule has 3 N–H and O–H groups in total. The van der Waals surface area contributed by atoms with Gasteiger partial charge in [0.15, 0.2) is 0 Å². The van der Waals surface area contributed by atoms with E-state index in [1.807, 2.05) is 17.5 Å². The molecule has 25 heavy (non-hydrogen) atoms. The van der Waals surface area contributed by atoms with Crippen LogP contribution in [0.4, 0.5) is 5.82 Å². The second-order valence-corrected chi connectivity index (χ2v) is 6.49. The van der Waals surface area contributed by atoms with Crippen molar-refractivity contribution in [1.29, 1.82) is 0 Å². The Morgan fingerprint density at radius 1 is 1.20 bits per heavy atom. The lowest BCUT2D eigenvalue weighted by Crippen LogP contribution is -2.32. The summed E-state index contributed by atoms with van der Waals surface area (Å²) >= 11 is 7.31. The Morgan fingerprint density at radius 3 is 2.56 bits per heavy atom. The highest BCUT2D eigenvalue weighted by Gasteiger charge is 2.23. The van der Waals surface area contributed by atoms with E-state index < -0.39 is 24.4 Å². The summed E-state index contributed by atoms with van der Waals surface area (Å²) in [4.78, 5) is 31.2. The molecule has 128 valence electrons. The molecule has 3 rings (SSSR count). The van der Waals surface area contributed by atoms with Crippen LogP contribution in [0.5, 0.6) is 0 Å². The van der Waals surface area contributed by atoms with Crippen molar-refractivity contribution >= 4 is 50.9 Å². The molecule has 3 aromatic rings. The Hall–Kier alpha value is -2.71. The third-order valence-corrected chi connectivity index (χ3v) is 4.65. The second-order valence-electron chi connectivity index (χ2n) is 5.19. The number of thiophene rings is 1. The van der Waals surface area contributed by atoms with E-state index in [1.165, 1.54) is 17.7 Å². The molecule has 7 nitrogen and oxygen atoms in total. The van der Waals surface area contributed by atoms with Gasteiger partial charge in [0.2, 0.25) is 0 Å². The fraction of sp³-hybridized carbons (Fsp3) is 0.125. The van der Waals surface area contributed by atoms with Crippen LogP contribution in [0.15, 0.2) is 36.0 Å². The zero-order chi connectivity index (χ0) is 18.0. The Labute approximate surface area is 150 Å². The first-order valence-electron chi connectivity index (χ1n) is 7.15. The van der Waals surface area contributed by atoms with Gasteiger partial charge in [0.1, 0.15) is 23.0 Å². The summed E-state index contributed by atoms with van der Waals surface area (Å²) in [5, 5.41) is 24.0. The number of fused-ring (bicyclic) bond motifs is 1. The number of hydrogen-bond acceptors (Lipinski definition) is 6. The van der Waals surface area contributed by atoms with Crippen molar-refractivity contribution < 1.29 is 19.8 Å². The molecule has 0 saturated carbocycles. The van der Waals surface area contributed by atoms with Gasteiger partial charge in [0, 0.05) is 16.0 Å². The number of aliphatic carboxylic acids is 2. The van der Waals surface area contributed by atoms with Crippen LogP contribution in [-0.2, 0) is 9.59 Å². The molecular formula is C16H12ClN3O4S. The van der Waals surface area contributed by atoms with Crippen LogP contribution in [0.2, 0.25) is 5.02 Å². The maximum atomic E-state index is 11.3. The predicted octanol–water partition coefficient (Wildman–Crippen LogP) is 3.35. The van der Waals surface area contributed by atoms with E-state index in [2.05, 4.69) is 15.3 Å². The first-order valence-corrected chi connectivity index (χ1v) is 8.40. The van der Waals surface area contributed by atoms with Gasteiger partial charge in [0.05, 0.1) is 11.8 Å². The number of hydrogen-bond donors (Lipinski definition) is 3. The van der Waals surface area contributed by atoms with Gasteiger partial charge >= 0.3 is 11.9 Å². The molecule has 9 heteroatoms. The van der Waals surface area contributed by atoms with Crippen LogP contribution in [0.3, 0.4) is 0 Å². The largest absolute Gasteiger partial charge is 0.481 e. The number of carbonyl (C=O) groups is 2. The Balaban J connectivity index is 2.06. The Morgan fingerprint density at radius 2 is 1.92 bits per heavy atom. The fourth-order valence-electron chi connectivity index (χ4n) is 2.37. The quantitative estimate of drug-likeness (QED) is 0.603. The Kier molecular flexibility index (Phi) is 4.82. The molecule has 0 fully saturated rings. The third-order valence-electron chi connectivity index (χ3n) is 3.51. The molecule has 0 spiro atoms. The van der Waals surface area contributed by atoms with Gasteiger partial charge in [-0.1, -0.05) is 23.7 Å². The van der Waals surface area contributed by atoms with Crippen molar-refractivity contribution in [2.75, 3.05) is 5.32 Å². The van der Waals surface area contributed by atoms with Crippen molar-refractivity contribution in [3.05, 3.63) is 41.0 Å². The lowest BCUT2D eigenvalue weighted by molar-refractivity contribution is -0.144. The molecule has 0 aliphatic rings. The molecular weight excluding hydrogens is 366 g/mol. The molecule has 2 heterocycles. The predicted molar refractivity (Wildman–Crippen MR) is 95.2 cm³/mol. The first kappa shape index (κ1) is 17.1. The lowest BCUT2D eigenvalue weighted by Gasteiger charge is -2.14. The number of benzene rings is 1. The highest BCUT2D eigenvalue weighted by atomic mass is 35.5. The average Bonchev–Trinajstić information content (AvgIpc) is 2.99. The number of nitrogens with zero attached hydrogens (tertiary/aromatic N) is 2. The summed E-state index contributed by atoms with van der Waals surface area (Å²) in [5.74, 6) is -2.20. The number of carboxylic acids is 2. The summed E-state index contributed by atoms with van der Waals surface area (Å²) in [6, 6.07) is 5.89. The molecule has 0 amide bonds. The van der Waals surface area contributed by atoms with Crippen molar-refractivity contribution in [1.82, 2.24) is 9.97 Å². The highest BCUT2D eigenvalue weighted by Crippen LogP contribution is 2.37. The zero-order valence-electron chi connectivity index (χ0n) is 12.6. The second kappa shape index (κ2) is 7.04. The standard InChI is InChI=1S/C16H12ClN3O4S/c17-9-3-1-8(2-4-9)10-6-25-15-13(10)14(18-7-19-15)20-11(16(23)24)5-12(21)22/h1-4,6-7,11H,5H2,(H,21,22)(H,23,24)(H,18,19,20). The van der Waals surface area contributed by atoms with Gasteiger partial charge in [-0.15, -0.1) is 11.3 Å². The van der Waals surface area contributed by atoms with Crippen LogP contribution in [0.25, 0.3) is 21.3 Å². The summed E-state index contributed by atoms with van der Waals surface area (Å²) in [5.41, 5.74) is 1.69. The maximum Gasteiger partial charge on any atom is 0.326 e. The number of rotatable bonds is 6. The molecule has 2 aromatic heterocycles. The summed E-state index contributed by atoms with van der Waals surface area (Å²) in [6.07, 6.45) is 0.744. The van der Waals surface area contributed by atoms with Crippen LogP contribution >= 0.6 is 22.9 Å². The van der Waals surface area contributed by atoms with Crippen LogP contribution in [0.1, 0.15) is 6.42 Å². The molecule has 0 aliphatic carbocycles. The maximum absolute atomic E-state index is 11.3. The fourth-order valence-corrected chi connectivity index (χ4v) is 3.41. The van der Waals surface area contributed by atoms with Gasteiger partial charge in [-0.05, 0) is 17.7 Å². The number of anilines is 1. The topological polar surface area (TPSA) is 112 Å². The van der Waals surface area contributed by atoms with Gasteiger partial charge in [-0.2, -0.15) is 0 Å². The lowest BCUT2D eigenvalue weighted by atomic mass is 10.1. The van der Waals surface area contributed by atoms with Crippen molar-refractivity contribution in [3.63, 3.8) is 0 Å². The van der Waals surface area contributed by atoms with Gasteiger partial charge in [-0.25, -0.2) is 14.8 Å². The molecule has 1 aromatic carbocycles. The van der Waals surface area contributed by atoms with E-state index in [4.69, 9.17) is 16.7 Å². The van der Waals surface area contributed by atoms with Crippen LogP contribution < -0.4 is 5.32 Å². The summed E-state index contributed by atoms with van der Waals surface area (Å²) in [7, 11) is 0. The summed E-state index contributed by atoms with van der Waals surface area (Å²) in [6.45, 7) is 0. The van der Waals surface area contributed by atoms with Gasteiger partial charge in [0.25, 0.3) is 0 Å². The number of halogens is 1. The van der Waals surface area contributed by atoms with E-state index in [0.717, 1.165) is 11.1 Å². The van der Waals surface area contributed by atoms with Gasteiger partial charge < -0.3 is 15.5 Å². The number of carboxylic acid groups (broad SMARTS) is 2. The normalized spacial score (nSPS) is 12.0. The van der Waals surface area contributed by atoms with Gasteiger partial charge in [-0.3, -0.25) is 4.79 Å². The number of nitrogens with one attached hydrogen (secondary N) is 1. The molecule has 0 aliphatic heterocycles. The molecule has 1 atom stereocenters. The van der Waals surface area contributed by atoms with E-state index in [-0.39, 0.29) is 5.82 Å². The first-order chi connectivity index (χ1) is 12.0. The van der Waals surface area contributed by atoms with E-state index >= 15 is 0 Å². The highest BCUT2D eigenvalue weighted by molar-refractivity contribution is 7.17. The van der Waals surface area contributed by atoms with E-state index in [1.54, 1.807) is 12.1 Å². The van der Waals surface area contributed by atoms with Crippen molar-refractivity contribution in [2.24, 2.45) is 0 Å². The van der Waals surface area contributed by atoms with E-state index in [9.17, 15) is 14.7 Å². The molecule has 0 saturated heterocycles. The smallest absolute Gasteiger partial charge is 0.326 e. The molecule has 0 bridgehead atoms. The third kappa shape index (κ3) is 3.70. The Bertz CT molecular complexity index is 942. The average molecular weight is 378 g/mol. The van der Waals surface area contributed by atoms with Crippen molar-refractivity contribution in [2.45, 2.75) is 12.5 Å². The molecule has 0 radical (unpaired) electrons. The monoisotopic (exact) mass is 377 g/mol. The van der Waals surface area contributed by atoms with E-state index in [0.29, 0.717) is 15.2 Å². The van der Waals surface area contributed by atoms with Crippen LogP contribution in [0, 0.1) is 0 Å². The van der Waals surface area contributed by atoms with Crippen LogP contribution in [-0.4, -0.2) is 38.2 Å². The number of aromatic nitrogens is 2. The molecule has 1 unspecified atom stereocenters. The zero-order valence-corrected chi connectivity index (χ0v) is 14.2. The minimum absolute atomic E-state index is 0.282. The minimum atomic E-state index is -1.30. The minimum Gasteiger partial charge on any atom is -0.481 e. The van der Waals surface area contributed by atoms with Crippen molar-refractivity contribution in [3.8, 4) is 11.1 Å². The SMILES string of the molecule is O=C(O)CC(Nc1ncnc2scc(-c3ccc(Cl)cc3)c12)C(=O)O.